The van der Waals surface area contributed by atoms with Crippen molar-refractivity contribution in [1.29, 1.82) is 0 Å². The van der Waals surface area contributed by atoms with Crippen molar-refractivity contribution in [2.45, 2.75) is 490 Å². The summed E-state index contributed by atoms with van der Waals surface area (Å²) in [6, 6.07) is 0. The van der Waals surface area contributed by atoms with Crippen molar-refractivity contribution in [3.63, 3.8) is 0 Å². The first-order valence-corrected chi connectivity index (χ1v) is 48.5. The van der Waals surface area contributed by atoms with Crippen LogP contribution in [0.1, 0.15) is 472 Å². The van der Waals surface area contributed by atoms with Crippen LogP contribution in [0.4, 0.5) is 0 Å². The van der Waals surface area contributed by atoms with Crippen LogP contribution >= 0.6 is 15.6 Å². The number of ether oxygens (including phenoxy) is 4. The highest BCUT2D eigenvalue weighted by molar-refractivity contribution is 7.47. The molecule has 0 aromatic rings. The molecule has 0 heterocycles. The van der Waals surface area contributed by atoms with Crippen LogP contribution in [-0.4, -0.2) is 96.7 Å². The van der Waals surface area contributed by atoms with E-state index < -0.39 is 97.5 Å². The topological polar surface area (TPSA) is 237 Å². The molecule has 0 aliphatic heterocycles. The van der Waals surface area contributed by atoms with E-state index in [1.54, 1.807) is 0 Å². The van der Waals surface area contributed by atoms with E-state index in [-0.39, 0.29) is 25.7 Å². The Morgan fingerprint density at radius 1 is 0.271 bits per heavy atom. The van der Waals surface area contributed by atoms with Crippen molar-refractivity contribution in [1.82, 2.24) is 0 Å². The maximum absolute atomic E-state index is 13.2. The monoisotopic (exact) mass is 1560 g/mol. The normalized spacial score (nSPS) is 14.0. The molecular formula is C88H172O17P2. The Morgan fingerprint density at radius 3 is 0.710 bits per heavy atom. The Hall–Kier alpha value is -1.94. The third-order valence-electron chi connectivity index (χ3n) is 21.1. The highest BCUT2D eigenvalue weighted by atomic mass is 31.2. The second kappa shape index (κ2) is 79.3. The summed E-state index contributed by atoms with van der Waals surface area (Å²) in [6.07, 6.45) is 72.3. The van der Waals surface area contributed by atoms with Crippen molar-refractivity contribution < 1.29 is 80.2 Å². The summed E-state index contributed by atoms with van der Waals surface area (Å²) in [6.45, 7) is 9.73. The van der Waals surface area contributed by atoms with Crippen LogP contribution in [0.5, 0.6) is 0 Å². The van der Waals surface area contributed by atoms with Crippen LogP contribution in [0.2, 0.25) is 0 Å². The molecule has 0 spiro atoms. The number of phosphoric ester groups is 2. The van der Waals surface area contributed by atoms with Crippen molar-refractivity contribution in [2.24, 2.45) is 11.8 Å². The summed E-state index contributed by atoms with van der Waals surface area (Å²) >= 11 is 0. The van der Waals surface area contributed by atoms with E-state index in [0.29, 0.717) is 25.7 Å². The quantitative estimate of drug-likeness (QED) is 0.0222. The van der Waals surface area contributed by atoms with Crippen LogP contribution in [0.3, 0.4) is 0 Å². The molecule has 19 heteroatoms. The molecule has 0 bridgehead atoms. The molecule has 0 aromatic heterocycles. The van der Waals surface area contributed by atoms with E-state index >= 15 is 0 Å². The number of aliphatic hydroxyl groups is 1. The maximum Gasteiger partial charge on any atom is 0.472 e. The van der Waals surface area contributed by atoms with E-state index in [0.717, 1.165) is 102 Å². The van der Waals surface area contributed by atoms with Gasteiger partial charge in [0, 0.05) is 25.7 Å². The average Bonchev–Trinajstić information content (AvgIpc) is 0.898. The molecular weight excluding hydrogens is 1390 g/mol. The van der Waals surface area contributed by atoms with E-state index in [9.17, 15) is 43.2 Å². The van der Waals surface area contributed by atoms with E-state index in [4.69, 9.17) is 37.0 Å². The van der Waals surface area contributed by atoms with Crippen LogP contribution in [0.25, 0.3) is 0 Å². The lowest BCUT2D eigenvalue weighted by molar-refractivity contribution is -0.161. The smallest absolute Gasteiger partial charge is 0.462 e. The molecule has 107 heavy (non-hydrogen) atoms. The highest BCUT2D eigenvalue weighted by Crippen LogP contribution is 2.45. The molecule has 0 aliphatic rings. The van der Waals surface area contributed by atoms with Gasteiger partial charge in [-0.2, -0.15) is 0 Å². The van der Waals surface area contributed by atoms with Crippen molar-refractivity contribution in [3.8, 4) is 0 Å². The minimum Gasteiger partial charge on any atom is -0.462 e. The highest BCUT2D eigenvalue weighted by Gasteiger charge is 2.31. The molecule has 0 amide bonds. The first kappa shape index (κ1) is 105. The first-order chi connectivity index (χ1) is 51.9. The van der Waals surface area contributed by atoms with Gasteiger partial charge in [-0.25, -0.2) is 9.13 Å². The first-order valence-electron chi connectivity index (χ1n) is 45.5. The molecule has 0 radical (unpaired) electrons. The predicted octanol–water partition coefficient (Wildman–Crippen LogP) is 27.0. The maximum atomic E-state index is 13.2. The number of carbonyl (C=O) groups excluding carboxylic acids is 4. The summed E-state index contributed by atoms with van der Waals surface area (Å²) in [4.78, 5) is 73.2. The van der Waals surface area contributed by atoms with E-state index in [2.05, 4.69) is 41.5 Å². The van der Waals surface area contributed by atoms with Crippen LogP contribution in [-0.2, 0) is 65.4 Å². The van der Waals surface area contributed by atoms with Gasteiger partial charge < -0.3 is 33.8 Å². The molecule has 636 valence electrons. The van der Waals surface area contributed by atoms with Crippen LogP contribution in [0, 0.1) is 11.8 Å². The minimum atomic E-state index is -4.97. The lowest BCUT2D eigenvalue weighted by atomic mass is 9.99. The average molecular weight is 1560 g/mol. The standard InChI is InChI=1S/C88H172O17P2/c1-7-10-12-14-16-18-20-21-22-23-24-25-26-27-32-35-38-41-48-54-60-66-72-87(92)104-84(77-99-86(91)71-65-59-53-47-40-37-34-31-29-28-30-33-36-39-44-50-56-62-68-80(4)5)79-103-107(96,97)101-75-82(89)74-100-106(94,95)102-78-83(76-98-85(90)70-64-58-52-46-19-17-15-13-11-8-2)105-88(93)73-67-61-55-49-43-42-45-51-57-63-69-81(6)9-3/h80-84,89H,7-79H2,1-6H3,(H,94,95)(H,96,97)/t81?,82-,83+,84+/m0/s1. The summed E-state index contributed by atoms with van der Waals surface area (Å²) in [5.41, 5.74) is 0. The number of unbranched alkanes of at least 4 members (excludes halogenated alkanes) is 56. The molecule has 0 saturated heterocycles. The molecule has 0 saturated carbocycles. The van der Waals surface area contributed by atoms with Gasteiger partial charge in [-0.05, 0) is 37.5 Å². The SMILES string of the molecule is CCCCCCCCCCCCCCCCCCCCCCCCC(=O)O[C@H](COC(=O)CCCCCCCCCCCCCCCCCCCCC(C)C)COP(=O)(O)OC[C@@H](O)COP(=O)(O)OC[C@@H](COC(=O)CCCCCCCCCCCC)OC(=O)CCCCCCCCCCCCC(C)CC. The Morgan fingerprint density at radius 2 is 0.477 bits per heavy atom. The van der Waals surface area contributed by atoms with Gasteiger partial charge in [-0.3, -0.25) is 37.3 Å². The molecule has 0 aliphatic carbocycles. The van der Waals surface area contributed by atoms with Gasteiger partial charge in [-0.1, -0.05) is 420 Å². The van der Waals surface area contributed by atoms with E-state index in [1.807, 2.05) is 0 Å². The number of aliphatic hydroxyl groups excluding tert-OH is 1. The fourth-order valence-corrected chi connectivity index (χ4v) is 15.3. The molecule has 6 atom stereocenters. The van der Waals surface area contributed by atoms with Gasteiger partial charge in [0.25, 0.3) is 0 Å². The zero-order chi connectivity index (χ0) is 78.5. The van der Waals surface area contributed by atoms with Gasteiger partial charge in [0.15, 0.2) is 12.2 Å². The van der Waals surface area contributed by atoms with Crippen molar-refractivity contribution in [2.75, 3.05) is 39.6 Å². The number of phosphoric acid groups is 2. The molecule has 3 N–H and O–H groups in total. The Labute approximate surface area is 658 Å². The molecule has 0 aromatic carbocycles. The summed E-state index contributed by atoms with van der Waals surface area (Å²) < 4.78 is 68.9. The minimum absolute atomic E-state index is 0.107. The lowest BCUT2D eigenvalue weighted by Crippen LogP contribution is -2.30. The van der Waals surface area contributed by atoms with Crippen LogP contribution < -0.4 is 0 Å². The second-order valence-electron chi connectivity index (χ2n) is 32.4. The van der Waals surface area contributed by atoms with Crippen molar-refractivity contribution >= 4 is 39.5 Å². The largest absolute Gasteiger partial charge is 0.472 e. The van der Waals surface area contributed by atoms with Crippen LogP contribution in [0.15, 0.2) is 0 Å². The number of esters is 4. The number of hydrogen-bond acceptors (Lipinski definition) is 15. The second-order valence-corrected chi connectivity index (χ2v) is 35.3. The van der Waals surface area contributed by atoms with Gasteiger partial charge in [0.1, 0.15) is 19.3 Å². The summed E-state index contributed by atoms with van der Waals surface area (Å²) in [5.74, 6) is -0.475. The zero-order valence-corrected chi connectivity index (χ0v) is 72.2. The summed E-state index contributed by atoms with van der Waals surface area (Å²) in [5, 5.41) is 10.7. The molecule has 17 nitrogen and oxygen atoms in total. The number of rotatable bonds is 87. The lowest BCUT2D eigenvalue weighted by Gasteiger charge is -2.21. The van der Waals surface area contributed by atoms with Gasteiger partial charge in [0.05, 0.1) is 26.4 Å². The number of hydrogen-bond donors (Lipinski definition) is 3. The molecule has 3 unspecified atom stereocenters. The van der Waals surface area contributed by atoms with Crippen molar-refractivity contribution in [3.05, 3.63) is 0 Å². The fourth-order valence-electron chi connectivity index (χ4n) is 13.7. The predicted molar refractivity (Wildman–Crippen MR) is 442 cm³/mol. The Bertz CT molecular complexity index is 2050. The summed E-state index contributed by atoms with van der Waals surface area (Å²) in [7, 11) is -9.93. The van der Waals surface area contributed by atoms with Gasteiger partial charge >= 0.3 is 39.5 Å². The Balaban J connectivity index is 5.21. The fraction of sp³-hybridized carbons (Fsp3) is 0.955. The zero-order valence-electron chi connectivity index (χ0n) is 70.5. The van der Waals surface area contributed by atoms with E-state index in [1.165, 1.54) is 289 Å². The molecule has 0 fully saturated rings. The van der Waals surface area contributed by atoms with Gasteiger partial charge in [0.2, 0.25) is 0 Å². The third-order valence-corrected chi connectivity index (χ3v) is 23.0. The Kier molecular flexibility index (Phi) is 77.9. The third kappa shape index (κ3) is 80.5. The van der Waals surface area contributed by atoms with Gasteiger partial charge in [-0.15, -0.1) is 0 Å². The molecule has 0 rings (SSSR count). The number of carbonyl (C=O) groups is 4.